The first kappa shape index (κ1) is 21.1. The van der Waals surface area contributed by atoms with E-state index >= 15 is 0 Å². The lowest BCUT2D eigenvalue weighted by atomic mass is 9.95. The summed E-state index contributed by atoms with van der Waals surface area (Å²) >= 11 is 0. The lowest BCUT2D eigenvalue weighted by Crippen LogP contribution is -2.47. The Balaban J connectivity index is 2.02. The van der Waals surface area contributed by atoms with Crippen molar-refractivity contribution < 1.29 is 9.53 Å². The number of carbonyl (C=O) groups excluding carboxylic acids is 1. The number of piperidine rings is 1. The van der Waals surface area contributed by atoms with Gasteiger partial charge in [-0.15, -0.1) is 0 Å². The molecule has 0 bridgehead atoms. The van der Waals surface area contributed by atoms with E-state index in [1.165, 1.54) is 0 Å². The minimum Gasteiger partial charge on any atom is -0.493 e. The average molecular weight is 375 g/mol. The lowest BCUT2D eigenvalue weighted by molar-refractivity contribution is -0.119. The highest BCUT2D eigenvalue weighted by Gasteiger charge is 2.23. The van der Waals surface area contributed by atoms with Crippen molar-refractivity contribution in [3.05, 3.63) is 29.8 Å². The smallest absolute Gasteiger partial charge is 0.217 e. The number of nitrogens with two attached hydrogens (primary N) is 1. The highest BCUT2D eigenvalue weighted by molar-refractivity contribution is 5.80. The first-order valence-electron chi connectivity index (χ1n) is 10.0. The van der Waals surface area contributed by atoms with Gasteiger partial charge in [0, 0.05) is 26.1 Å². The van der Waals surface area contributed by atoms with Crippen LogP contribution >= 0.6 is 0 Å². The monoisotopic (exact) mass is 374 g/mol. The van der Waals surface area contributed by atoms with Crippen molar-refractivity contribution in [1.29, 1.82) is 0 Å². The molecule has 1 aliphatic rings. The zero-order valence-corrected chi connectivity index (χ0v) is 16.9. The van der Waals surface area contributed by atoms with E-state index in [1.807, 2.05) is 12.1 Å². The third kappa shape index (κ3) is 7.49. The van der Waals surface area contributed by atoms with Gasteiger partial charge in [-0.25, -0.2) is 4.99 Å². The Hall–Kier alpha value is -2.24. The minimum atomic E-state index is -0.220. The molecule has 2 rings (SSSR count). The standard InChI is InChI=1S/C21H34N4O2/c1-4-23-21(25-10-6-8-18(14-25)12-20(22)26)24-13-17-7-5-9-19(11-17)27-15-16(2)3/h5,7,9,11,16,18H,4,6,8,10,12-15H2,1-3H3,(H2,22,26)(H,23,24). The van der Waals surface area contributed by atoms with Crippen molar-refractivity contribution in [3.8, 4) is 5.75 Å². The van der Waals surface area contributed by atoms with Crippen LogP contribution in [0.15, 0.2) is 29.3 Å². The predicted molar refractivity (Wildman–Crippen MR) is 110 cm³/mol. The molecule has 1 unspecified atom stereocenters. The molecular weight excluding hydrogens is 340 g/mol. The van der Waals surface area contributed by atoms with Crippen LogP contribution in [-0.2, 0) is 11.3 Å². The number of guanidine groups is 1. The predicted octanol–water partition coefficient (Wildman–Crippen LogP) is 2.77. The summed E-state index contributed by atoms with van der Waals surface area (Å²) in [6.07, 6.45) is 2.56. The topological polar surface area (TPSA) is 80.0 Å². The van der Waals surface area contributed by atoms with Crippen LogP contribution in [0.1, 0.15) is 45.6 Å². The zero-order chi connectivity index (χ0) is 19.6. The van der Waals surface area contributed by atoms with Crippen LogP contribution in [0.4, 0.5) is 0 Å². The maximum Gasteiger partial charge on any atom is 0.217 e. The fourth-order valence-electron chi connectivity index (χ4n) is 3.30. The van der Waals surface area contributed by atoms with Gasteiger partial charge in [0.05, 0.1) is 13.2 Å². The highest BCUT2D eigenvalue weighted by Crippen LogP contribution is 2.20. The molecule has 0 aliphatic carbocycles. The molecule has 1 amide bonds. The molecule has 6 nitrogen and oxygen atoms in total. The van der Waals surface area contributed by atoms with Crippen molar-refractivity contribution >= 4 is 11.9 Å². The molecule has 0 spiro atoms. The van der Waals surface area contributed by atoms with Crippen LogP contribution in [0.3, 0.4) is 0 Å². The van der Waals surface area contributed by atoms with Gasteiger partial charge in [0.15, 0.2) is 5.96 Å². The Morgan fingerprint density at radius 2 is 2.26 bits per heavy atom. The number of hydrogen-bond acceptors (Lipinski definition) is 3. The first-order valence-corrected chi connectivity index (χ1v) is 10.0. The molecule has 0 saturated carbocycles. The second kappa shape index (κ2) is 10.8. The number of hydrogen-bond donors (Lipinski definition) is 2. The van der Waals surface area contributed by atoms with Crippen LogP contribution in [0.2, 0.25) is 0 Å². The van der Waals surface area contributed by atoms with Crippen LogP contribution in [0, 0.1) is 11.8 Å². The summed E-state index contributed by atoms with van der Waals surface area (Å²) in [7, 11) is 0. The number of primary amides is 1. The van der Waals surface area contributed by atoms with E-state index in [0.717, 1.165) is 49.7 Å². The molecule has 1 heterocycles. The molecule has 0 aromatic heterocycles. The van der Waals surface area contributed by atoms with Gasteiger partial charge in [-0.2, -0.15) is 0 Å². The Labute approximate surface area is 163 Å². The van der Waals surface area contributed by atoms with Gasteiger partial charge in [0.25, 0.3) is 0 Å². The Kier molecular flexibility index (Phi) is 8.43. The summed E-state index contributed by atoms with van der Waals surface area (Å²) in [4.78, 5) is 18.3. The molecule has 1 aliphatic heterocycles. The highest BCUT2D eigenvalue weighted by atomic mass is 16.5. The third-order valence-electron chi connectivity index (χ3n) is 4.54. The second-order valence-corrected chi connectivity index (χ2v) is 7.65. The first-order chi connectivity index (χ1) is 13.0. The Morgan fingerprint density at radius 3 is 2.96 bits per heavy atom. The van der Waals surface area contributed by atoms with E-state index in [4.69, 9.17) is 15.5 Å². The van der Waals surface area contributed by atoms with E-state index in [0.29, 0.717) is 31.4 Å². The molecule has 6 heteroatoms. The molecule has 1 atom stereocenters. The molecule has 1 saturated heterocycles. The summed E-state index contributed by atoms with van der Waals surface area (Å²) in [6.45, 7) is 10.3. The van der Waals surface area contributed by atoms with Gasteiger partial charge in [0.2, 0.25) is 5.91 Å². The van der Waals surface area contributed by atoms with Crippen molar-refractivity contribution in [2.45, 2.75) is 46.6 Å². The van der Waals surface area contributed by atoms with Crippen molar-refractivity contribution in [3.63, 3.8) is 0 Å². The van der Waals surface area contributed by atoms with E-state index < -0.39 is 0 Å². The summed E-state index contributed by atoms with van der Waals surface area (Å²) in [5, 5.41) is 3.38. The Morgan fingerprint density at radius 1 is 1.44 bits per heavy atom. The molecule has 0 radical (unpaired) electrons. The summed E-state index contributed by atoms with van der Waals surface area (Å²) < 4.78 is 5.81. The maximum atomic E-state index is 11.3. The van der Waals surface area contributed by atoms with Gasteiger partial charge in [-0.3, -0.25) is 4.79 Å². The van der Waals surface area contributed by atoms with Gasteiger partial charge >= 0.3 is 0 Å². The normalized spacial score (nSPS) is 17.9. The van der Waals surface area contributed by atoms with E-state index in [1.54, 1.807) is 0 Å². The second-order valence-electron chi connectivity index (χ2n) is 7.65. The lowest BCUT2D eigenvalue weighted by Gasteiger charge is -2.34. The molecule has 3 N–H and O–H groups in total. The van der Waals surface area contributed by atoms with Gasteiger partial charge in [0.1, 0.15) is 5.75 Å². The quantitative estimate of drug-likeness (QED) is 0.542. The van der Waals surface area contributed by atoms with Gasteiger partial charge in [-0.05, 0) is 49.3 Å². The molecule has 1 fully saturated rings. The van der Waals surface area contributed by atoms with E-state index in [-0.39, 0.29) is 5.91 Å². The average Bonchev–Trinajstić information content (AvgIpc) is 2.63. The van der Waals surface area contributed by atoms with Crippen LogP contribution in [0.5, 0.6) is 5.75 Å². The minimum absolute atomic E-state index is 0.220. The van der Waals surface area contributed by atoms with E-state index in [2.05, 4.69) is 43.1 Å². The number of rotatable bonds is 8. The molecule has 1 aromatic carbocycles. The zero-order valence-electron chi connectivity index (χ0n) is 16.9. The number of amides is 1. The third-order valence-corrected chi connectivity index (χ3v) is 4.54. The number of aliphatic imine (C=N–C) groups is 1. The maximum absolute atomic E-state index is 11.3. The van der Waals surface area contributed by atoms with Crippen LogP contribution in [-0.4, -0.2) is 43.0 Å². The van der Waals surface area contributed by atoms with E-state index in [9.17, 15) is 4.79 Å². The number of nitrogens with zero attached hydrogens (tertiary/aromatic N) is 2. The largest absolute Gasteiger partial charge is 0.493 e. The number of carbonyl (C=O) groups is 1. The van der Waals surface area contributed by atoms with Crippen molar-refractivity contribution in [2.24, 2.45) is 22.6 Å². The molecule has 27 heavy (non-hydrogen) atoms. The number of likely N-dealkylation sites (tertiary alicyclic amines) is 1. The van der Waals surface area contributed by atoms with Crippen LogP contribution in [0.25, 0.3) is 0 Å². The van der Waals surface area contributed by atoms with Crippen molar-refractivity contribution in [2.75, 3.05) is 26.2 Å². The number of benzene rings is 1. The molecular formula is C21H34N4O2. The van der Waals surface area contributed by atoms with Gasteiger partial charge < -0.3 is 20.7 Å². The van der Waals surface area contributed by atoms with Gasteiger partial charge in [-0.1, -0.05) is 26.0 Å². The summed E-state index contributed by atoms with van der Waals surface area (Å²) in [5.41, 5.74) is 6.50. The SMILES string of the molecule is CCNC(=NCc1cccc(OCC(C)C)c1)N1CCCC(CC(N)=O)C1. The fraction of sp³-hybridized carbons (Fsp3) is 0.619. The molecule has 150 valence electrons. The van der Waals surface area contributed by atoms with Crippen molar-refractivity contribution in [1.82, 2.24) is 10.2 Å². The summed E-state index contributed by atoms with van der Waals surface area (Å²) in [6, 6.07) is 8.13. The Bertz CT molecular complexity index is 630. The fourth-order valence-corrected chi connectivity index (χ4v) is 3.30. The number of ether oxygens (including phenoxy) is 1. The molecule has 1 aromatic rings. The number of nitrogens with one attached hydrogen (secondary N) is 1. The van der Waals surface area contributed by atoms with Crippen LogP contribution < -0.4 is 15.8 Å². The summed E-state index contributed by atoms with van der Waals surface area (Å²) in [5.74, 6) is 2.38.